The molecule has 112 valence electrons. The van der Waals surface area contributed by atoms with Crippen LogP contribution >= 0.6 is 11.6 Å². The summed E-state index contributed by atoms with van der Waals surface area (Å²) in [5, 5.41) is 11.0. The quantitative estimate of drug-likeness (QED) is 0.884. The molecule has 1 aliphatic carbocycles. The highest BCUT2D eigenvalue weighted by Crippen LogP contribution is 2.51. The maximum absolute atomic E-state index is 14.0. The second kappa shape index (κ2) is 5.63. The molecule has 0 aliphatic heterocycles. The van der Waals surface area contributed by atoms with E-state index in [0.29, 0.717) is 17.1 Å². The van der Waals surface area contributed by atoms with Gasteiger partial charge in [-0.2, -0.15) is 0 Å². The Kier molecular flexibility index (Phi) is 4.43. The number of nitrogens with two attached hydrogens (primary N) is 1. The van der Waals surface area contributed by atoms with Crippen molar-refractivity contribution in [3.05, 3.63) is 34.6 Å². The van der Waals surface area contributed by atoms with Gasteiger partial charge in [-0.15, -0.1) is 0 Å². The number of aliphatic hydroxyl groups excluding tert-OH is 1. The van der Waals surface area contributed by atoms with Crippen LogP contribution in [0.5, 0.6) is 0 Å². The molecule has 1 atom stereocenters. The van der Waals surface area contributed by atoms with E-state index in [1.165, 1.54) is 6.07 Å². The molecule has 2 nitrogen and oxygen atoms in total. The third kappa shape index (κ3) is 3.00. The van der Waals surface area contributed by atoms with Gasteiger partial charge in [-0.25, -0.2) is 4.39 Å². The molecule has 0 radical (unpaired) electrons. The lowest BCUT2D eigenvalue weighted by atomic mass is 9.62. The Morgan fingerprint density at radius 2 is 1.90 bits per heavy atom. The Morgan fingerprint density at radius 1 is 1.30 bits per heavy atom. The lowest BCUT2D eigenvalue weighted by Crippen LogP contribution is -2.42. The molecule has 0 bridgehead atoms. The summed E-state index contributed by atoms with van der Waals surface area (Å²) in [6, 6.07) is 4.43. The van der Waals surface area contributed by atoms with Crippen LogP contribution in [-0.4, -0.2) is 11.7 Å². The molecule has 1 aromatic rings. The van der Waals surface area contributed by atoms with Crippen LogP contribution in [0.3, 0.4) is 0 Å². The summed E-state index contributed by atoms with van der Waals surface area (Å²) in [4.78, 5) is 0. The summed E-state index contributed by atoms with van der Waals surface area (Å²) in [6.45, 7) is 4.82. The van der Waals surface area contributed by atoms with Gasteiger partial charge in [0.2, 0.25) is 0 Å². The maximum atomic E-state index is 14.0. The number of hydrogen-bond donors (Lipinski definition) is 2. The number of benzene rings is 1. The summed E-state index contributed by atoms with van der Waals surface area (Å²) in [6.07, 6.45) is 2.76. The highest BCUT2D eigenvalue weighted by molar-refractivity contribution is 6.30. The molecular weight excluding hydrogens is 277 g/mol. The van der Waals surface area contributed by atoms with Gasteiger partial charge in [0.25, 0.3) is 0 Å². The van der Waals surface area contributed by atoms with Gasteiger partial charge in [0.05, 0.1) is 6.10 Å². The van der Waals surface area contributed by atoms with E-state index in [1.807, 2.05) is 0 Å². The summed E-state index contributed by atoms with van der Waals surface area (Å²) >= 11 is 5.77. The fourth-order valence-electron chi connectivity index (χ4n) is 3.07. The Bertz CT molecular complexity index is 479. The Balaban J connectivity index is 2.27. The first-order chi connectivity index (χ1) is 9.30. The van der Waals surface area contributed by atoms with Crippen molar-refractivity contribution < 1.29 is 9.50 Å². The molecule has 1 aromatic carbocycles. The van der Waals surface area contributed by atoms with Gasteiger partial charge >= 0.3 is 0 Å². The summed E-state index contributed by atoms with van der Waals surface area (Å²) < 4.78 is 14.0. The van der Waals surface area contributed by atoms with Crippen LogP contribution in [0.15, 0.2) is 18.2 Å². The topological polar surface area (TPSA) is 46.2 Å². The predicted octanol–water partition coefficient (Wildman–Crippen LogP) is 4.06. The predicted molar refractivity (Wildman–Crippen MR) is 80.1 cm³/mol. The molecular formula is C16H23ClFNO. The van der Waals surface area contributed by atoms with Gasteiger partial charge in [-0.1, -0.05) is 31.5 Å². The number of hydrogen-bond acceptors (Lipinski definition) is 2. The summed E-state index contributed by atoms with van der Waals surface area (Å²) in [5.74, 6) is -0.456. The minimum Gasteiger partial charge on any atom is -0.388 e. The summed E-state index contributed by atoms with van der Waals surface area (Å²) in [7, 11) is 0. The second-order valence-corrected chi connectivity index (χ2v) is 7.24. The first kappa shape index (κ1) is 15.7. The molecule has 1 aliphatic rings. The normalized spacial score (nSPS) is 22.5. The van der Waals surface area contributed by atoms with E-state index in [4.69, 9.17) is 17.3 Å². The van der Waals surface area contributed by atoms with Crippen LogP contribution in [-0.2, 0) is 0 Å². The molecule has 1 unspecified atom stereocenters. The van der Waals surface area contributed by atoms with Crippen LogP contribution in [0.4, 0.5) is 4.39 Å². The molecule has 0 heterocycles. The average molecular weight is 300 g/mol. The molecule has 0 saturated heterocycles. The molecule has 0 amide bonds. The van der Waals surface area contributed by atoms with Crippen LogP contribution in [0, 0.1) is 16.6 Å². The van der Waals surface area contributed by atoms with Gasteiger partial charge in [0.1, 0.15) is 5.82 Å². The second-order valence-electron chi connectivity index (χ2n) is 6.80. The number of aliphatic hydroxyl groups is 1. The summed E-state index contributed by atoms with van der Waals surface area (Å²) in [5.41, 5.74) is 6.09. The minimum atomic E-state index is -0.874. The largest absolute Gasteiger partial charge is 0.388 e. The maximum Gasteiger partial charge on any atom is 0.130 e. The van der Waals surface area contributed by atoms with Crippen molar-refractivity contribution in [3.63, 3.8) is 0 Å². The van der Waals surface area contributed by atoms with E-state index in [1.54, 1.807) is 12.1 Å². The fourth-order valence-corrected chi connectivity index (χ4v) is 3.23. The van der Waals surface area contributed by atoms with E-state index < -0.39 is 17.3 Å². The smallest absolute Gasteiger partial charge is 0.130 e. The molecule has 1 saturated carbocycles. The zero-order valence-corrected chi connectivity index (χ0v) is 12.9. The van der Waals surface area contributed by atoms with Crippen molar-refractivity contribution in [1.82, 2.24) is 0 Å². The lowest BCUT2D eigenvalue weighted by Gasteiger charge is -2.45. The van der Waals surface area contributed by atoms with Crippen molar-refractivity contribution in [3.8, 4) is 0 Å². The highest BCUT2D eigenvalue weighted by atomic mass is 35.5. The number of rotatable bonds is 3. The van der Waals surface area contributed by atoms with Gasteiger partial charge in [0, 0.05) is 22.5 Å². The van der Waals surface area contributed by atoms with Crippen molar-refractivity contribution in [1.29, 1.82) is 0 Å². The van der Waals surface area contributed by atoms with E-state index in [0.717, 1.165) is 25.7 Å². The molecule has 4 heteroatoms. The lowest BCUT2D eigenvalue weighted by molar-refractivity contribution is -0.0253. The van der Waals surface area contributed by atoms with Crippen LogP contribution < -0.4 is 5.73 Å². The van der Waals surface area contributed by atoms with Crippen molar-refractivity contribution >= 4 is 11.6 Å². The van der Waals surface area contributed by atoms with E-state index in [2.05, 4.69) is 13.8 Å². The van der Waals surface area contributed by atoms with Gasteiger partial charge in [-0.3, -0.25) is 0 Å². The SMILES string of the molecule is CC1(C)CCC(CN)(C(O)c2ccc(Cl)cc2F)CC1. The standard InChI is InChI=1S/C16H23ClFNO/c1-15(2)5-7-16(10-19,8-6-15)14(20)12-4-3-11(17)9-13(12)18/h3-4,9,14,20H,5-8,10,19H2,1-2H3. The first-order valence-corrected chi connectivity index (χ1v) is 7.51. The zero-order chi connectivity index (χ0) is 15.0. The monoisotopic (exact) mass is 299 g/mol. The van der Waals surface area contributed by atoms with Gasteiger partial charge in [0.15, 0.2) is 0 Å². The third-order valence-electron chi connectivity index (χ3n) is 4.84. The number of halogens is 2. The molecule has 2 rings (SSSR count). The Labute approximate surface area is 125 Å². The van der Waals surface area contributed by atoms with E-state index in [-0.39, 0.29) is 5.41 Å². The molecule has 20 heavy (non-hydrogen) atoms. The van der Waals surface area contributed by atoms with Crippen LogP contribution in [0.25, 0.3) is 0 Å². The fraction of sp³-hybridized carbons (Fsp3) is 0.625. The Hall–Kier alpha value is -0.640. The van der Waals surface area contributed by atoms with Crippen LogP contribution in [0.2, 0.25) is 5.02 Å². The highest BCUT2D eigenvalue weighted by Gasteiger charge is 2.43. The molecule has 3 N–H and O–H groups in total. The minimum absolute atomic E-state index is 0.275. The zero-order valence-electron chi connectivity index (χ0n) is 12.1. The first-order valence-electron chi connectivity index (χ1n) is 7.13. The molecule has 0 spiro atoms. The van der Waals surface area contributed by atoms with Gasteiger partial charge < -0.3 is 10.8 Å². The molecule has 0 aromatic heterocycles. The van der Waals surface area contributed by atoms with E-state index in [9.17, 15) is 9.50 Å². The molecule has 1 fully saturated rings. The third-order valence-corrected chi connectivity index (χ3v) is 5.08. The van der Waals surface area contributed by atoms with Crippen molar-refractivity contribution in [2.45, 2.75) is 45.6 Å². The Morgan fingerprint density at radius 3 is 2.40 bits per heavy atom. The van der Waals surface area contributed by atoms with Crippen LogP contribution in [0.1, 0.15) is 51.2 Å². The van der Waals surface area contributed by atoms with E-state index >= 15 is 0 Å². The van der Waals surface area contributed by atoms with Crippen molar-refractivity contribution in [2.75, 3.05) is 6.54 Å². The average Bonchev–Trinajstić information content (AvgIpc) is 2.39. The van der Waals surface area contributed by atoms with Crippen molar-refractivity contribution in [2.24, 2.45) is 16.6 Å². The van der Waals surface area contributed by atoms with Gasteiger partial charge in [-0.05, 0) is 43.2 Å².